The lowest BCUT2D eigenvalue weighted by molar-refractivity contribution is 0.616. The number of hydrogen-bond acceptors (Lipinski definition) is 7. The average molecular weight is 356 g/mol. The molecule has 0 aromatic carbocycles. The van der Waals surface area contributed by atoms with E-state index in [1.165, 1.54) is 28.0 Å². The molecule has 2 N–H and O–H groups in total. The zero-order valence-corrected chi connectivity index (χ0v) is 15.1. The SMILES string of the molecule is CN(C)c1cnn(Cc2nc(N)c3c4c(sc3n2)CCCC4)c(=O)c1. The molecule has 0 radical (unpaired) electrons. The molecule has 8 heteroatoms. The highest BCUT2D eigenvalue weighted by molar-refractivity contribution is 7.19. The quantitative estimate of drug-likeness (QED) is 0.770. The van der Waals surface area contributed by atoms with E-state index in [1.807, 2.05) is 19.0 Å². The van der Waals surface area contributed by atoms with E-state index in [2.05, 4.69) is 15.1 Å². The molecule has 0 fully saturated rings. The van der Waals surface area contributed by atoms with Gasteiger partial charge in [0, 0.05) is 25.0 Å². The average Bonchev–Trinajstić information content (AvgIpc) is 2.95. The second-order valence-corrected chi connectivity index (χ2v) is 7.60. The van der Waals surface area contributed by atoms with Gasteiger partial charge >= 0.3 is 0 Å². The number of anilines is 2. The number of nitrogens with two attached hydrogens (primary N) is 1. The number of thiophene rings is 1. The highest BCUT2D eigenvalue weighted by Crippen LogP contribution is 2.37. The Kier molecular flexibility index (Phi) is 3.91. The molecule has 1 aliphatic carbocycles. The largest absolute Gasteiger partial charge is 0.383 e. The van der Waals surface area contributed by atoms with Crippen molar-refractivity contribution >= 4 is 33.1 Å². The van der Waals surface area contributed by atoms with Gasteiger partial charge in [-0.05, 0) is 31.2 Å². The van der Waals surface area contributed by atoms with E-state index in [1.54, 1.807) is 23.6 Å². The Balaban J connectivity index is 1.72. The third-order valence-corrected chi connectivity index (χ3v) is 5.74. The van der Waals surface area contributed by atoms with Gasteiger partial charge in [-0.2, -0.15) is 5.10 Å². The first-order valence-corrected chi connectivity index (χ1v) is 9.15. The summed E-state index contributed by atoms with van der Waals surface area (Å²) in [5.41, 5.74) is 8.13. The van der Waals surface area contributed by atoms with E-state index in [-0.39, 0.29) is 12.1 Å². The van der Waals surface area contributed by atoms with Crippen LogP contribution in [0.15, 0.2) is 17.1 Å². The fourth-order valence-electron chi connectivity index (χ4n) is 3.22. The molecular formula is C17H20N6OS. The first kappa shape index (κ1) is 16.0. The summed E-state index contributed by atoms with van der Waals surface area (Å²) >= 11 is 1.70. The van der Waals surface area contributed by atoms with Crippen LogP contribution in [0.1, 0.15) is 29.1 Å². The molecule has 130 valence electrons. The Bertz CT molecular complexity index is 1010. The van der Waals surface area contributed by atoms with Crippen LogP contribution in [0.25, 0.3) is 10.2 Å². The molecule has 3 heterocycles. The third kappa shape index (κ3) is 2.86. The van der Waals surface area contributed by atoms with Gasteiger partial charge in [0.2, 0.25) is 0 Å². The molecule has 0 aliphatic heterocycles. The first-order chi connectivity index (χ1) is 12.0. The maximum absolute atomic E-state index is 12.2. The minimum Gasteiger partial charge on any atom is -0.383 e. The smallest absolute Gasteiger partial charge is 0.269 e. The highest BCUT2D eigenvalue weighted by Gasteiger charge is 2.20. The van der Waals surface area contributed by atoms with Gasteiger partial charge in [-0.1, -0.05) is 0 Å². The van der Waals surface area contributed by atoms with Crippen LogP contribution in [0.3, 0.4) is 0 Å². The number of hydrogen-bond donors (Lipinski definition) is 1. The van der Waals surface area contributed by atoms with Crippen molar-refractivity contribution in [3.05, 3.63) is 38.9 Å². The van der Waals surface area contributed by atoms with E-state index < -0.39 is 0 Å². The summed E-state index contributed by atoms with van der Waals surface area (Å²) in [5, 5.41) is 5.22. The van der Waals surface area contributed by atoms with Crippen LogP contribution in [-0.4, -0.2) is 33.8 Å². The van der Waals surface area contributed by atoms with Crippen molar-refractivity contribution in [3.63, 3.8) is 0 Å². The van der Waals surface area contributed by atoms with Crippen LogP contribution in [0.5, 0.6) is 0 Å². The van der Waals surface area contributed by atoms with Crippen molar-refractivity contribution in [2.45, 2.75) is 32.2 Å². The van der Waals surface area contributed by atoms with Gasteiger partial charge in [-0.25, -0.2) is 14.6 Å². The summed E-state index contributed by atoms with van der Waals surface area (Å²) in [6.45, 7) is 0.218. The lowest BCUT2D eigenvalue weighted by Gasteiger charge is -2.12. The zero-order valence-electron chi connectivity index (χ0n) is 14.3. The number of aromatic nitrogens is 4. The summed E-state index contributed by atoms with van der Waals surface area (Å²) in [7, 11) is 3.74. The predicted octanol–water partition coefficient (Wildman–Crippen LogP) is 1.82. The zero-order chi connectivity index (χ0) is 17.6. The van der Waals surface area contributed by atoms with Crippen LogP contribution in [0, 0.1) is 0 Å². The van der Waals surface area contributed by atoms with Gasteiger partial charge in [-0.15, -0.1) is 11.3 Å². The second kappa shape index (κ2) is 6.11. The monoisotopic (exact) mass is 356 g/mol. The lowest BCUT2D eigenvalue weighted by Crippen LogP contribution is -2.25. The molecule has 0 saturated carbocycles. The Morgan fingerprint density at radius 1 is 1.28 bits per heavy atom. The summed E-state index contributed by atoms with van der Waals surface area (Å²) in [5.74, 6) is 1.04. The van der Waals surface area contributed by atoms with Gasteiger partial charge in [0.25, 0.3) is 5.56 Å². The number of nitrogen functional groups attached to an aromatic ring is 1. The number of rotatable bonds is 3. The molecule has 0 unspecified atom stereocenters. The fourth-order valence-corrected chi connectivity index (χ4v) is 4.51. The summed E-state index contributed by atoms with van der Waals surface area (Å²) in [6, 6.07) is 1.55. The molecule has 1 aliphatic rings. The Morgan fingerprint density at radius 2 is 2.08 bits per heavy atom. The predicted molar refractivity (Wildman–Crippen MR) is 100 cm³/mol. The number of aryl methyl sites for hydroxylation is 2. The van der Waals surface area contributed by atoms with Crippen molar-refractivity contribution in [1.82, 2.24) is 19.7 Å². The Labute approximate surface area is 149 Å². The molecule has 25 heavy (non-hydrogen) atoms. The van der Waals surface area contributed by atoms with Crippen molar-refractivity contribution in [1.29, 1.82) is 0 Å². The molecule has 3 aromatic heterocycles. The molecule has 0 saturated heterocycles. The Morgan fingerprint density at radius 3 is 2.84 bits per heavy atom. The molecular weight excluding hydrogens is 336 g/mol. The molecule has 4 rings (SSSR count). The first-order valence-electron chi connectivity index (χ1n) is 8.34. The van der Waals surface area contributed by atoms with Crippen LogP contribution in [-0.2, 0) is 19.4 Å². The molecule has 0 amide bonds. The van der Waals surface area contributed by atoms with Crippen molar-refractivity contribution < 1.29 is 0 Å². The van der Waals surface area contributed by atoms with Gasteiger partial charge in [0.1, 0.15) is 17.2 Å². The second-order valence-electron chi connectivity index (χ2n) is 6.52. The molecule has 0 bridgehead atoms. The summed E-state index contributed by atoms with van der Waals surface area (Å²) in [4.78, 5) is 25.5. The molecule has 0 spiro atoms. The van der Waals surface area contributed by atoms with Gasteiger partial charge in [-0.3, -0.25) is 4.79 Å². The van der Waals surface area contributed by atoms with E-state index >= 15 is 0 Å². The minimum atomic E-state index is -0.182. The summed E-state index contributed by atoms with van der Waals surface area (Å²) < 4.78 is 1.36. The third-order valence-electron chi connectivity index (χ3n) is 4.55. The Hall–Kier alpha value is -2.48. The fraction of sp³-hybridized carbons (Fsp3) is 0.412. The van der Waals surface area contributed by atoms with Crippen LogP contribution in [0.4, 0.5) is 11.5 Å². The minimum absolute atomic E-state index is 0.182. The van der Waals surface area contributed by atoms with Crippen LogP contribution >= 0.6 is 11.3 Å². The van der Waals surface area contributed by atoms with E-state index in [9.17, 15) is 4.79 Å². The van der Waals surface area contributed by atoms with Gasteiger partial charge < -0.3 is 10.6 Å². The topological polar surface area (TPSA) is 89.9 Å². The molecule has 0 atom stereocenters. The number of fused-ring (bicyclic) bond motifs is 3. The maximum atomic E-state index is 12.2. The van der Waals surface area contributed by atoms with Crippen molar-refractivity contribution in [3.8, 4) is 0 Å². The van der Waals surface area contributed by atoms with E-state index in [4.69, 9.17) is 5.73 Å². The van der Waals surface area contributed by atoms with Crippen LogP contribution < -0.4 is 16.2 Å². The van der Waals surface area contributed by atoms with E-state index in [0.717, 1.165) is 28.7 Å². The lowest BCUT2D eigenvalue weighted by atomic mass is 9.97. The van der Waals surface area contributed by atoms with Crippen molar-refractivity contribution in [2.75, 3.05) is 24.7 Å². The van der Waals surface area contributed by atoms with Crippen LogP contribution in [0.2, 0.25) is 0 Å². The number of nitrogens with zero attached hydrogens (tertiary/aromatic N) is 5. The van der Waals surface area contributed by atoms with Crippen molar-refractivity contribution in [2.24, 2.45) is 0 Å². The molecule has 3 aromatic rings. The summed E-state index contributed by atoms with van der Waals surface area (Å²) in [6.07, 6.45) is 6.22. The molecule has 7 nitrogen and oxygen atoms in total. The standard InChI is InChI=1S/C17H20N6OS/c1-22(2)10-7-14(24)23(19-8-10)9-13-20-16(18)15-11-5-3-4-6-12(11)25-17(15)21-13/h7-8H,3-6,9H2,1-2H3,(H2,18,20,21). The maximum Gasteiger partial charge on any atom is 0.269 e. The highest BCUT2D eigenvalue weighted by atomic mass is 32.1. The van der Waals surface area contributed by atoms with Gasteiger partial charge in [0.15, 0.2) is 5.82 Å². The van der Waals surface area contributed by atoms with Gasteiger partial charge in [0.05, 0.1) is 17.3 Å². The van der Waals surface area contributed by atoms with E-state index in [0.29, 0.717) is 11.6 Å². The normalized spacial score (nSPS) is 13.8.